The van der Waals surface area contributed by atoms with Crippen molar-refractivity contribution in [2.24, 2.45) is 0 Å². The van der Waals surface area contributed by atoms with Crippen LogP contribution in [-0.2, 0) is 22.1 Å². The summed E-state index contributed by atoms with van der Waals surface area (Å²) < 4.78 is 42.5. The molecule has 8 heteroatoms. The molecule has 0 atom stereocenters. The number of carbonyl (C=O) groups excluding carboxylic acids is 2. The van der Waals surface area contributed by atoms with E-state index in [9.17, 15) is 22.8 Å². The quantitative estimate of drug-likeness (QED) is 0.725. The highest BCUT2D eigenvalue weighted by atomic mass is 19.4. The molecule has 0 saturated heterocycles. The van der Waals surface area contributed by atoms with Crippen LogP contribution in [0.5, 0.6) is 0 Å². The lowest BCUT2D eigenvalue weighted by molar-refractivity contribution is -0.137. The van der Waals surface area contributed by atoms with Crippen molar-refractivity contribution in [1.29, 1.82) is 0 Å². The molecule has 0 fully saturated rings. The Morgan fingerprint density at radius 3 is 2.19 bits per heavy atom. The lowest BCUT2D eigenvalue weighted by Gasteiger charge is -2.09. The zero-order valence-corrected chi connectivity index (χ0v) is 14.6. The fourth-order valence-corrected chi connectivity index (χ4v) is 2.26. The van der Waals surface area contributed by atoms with E-state index in [1.54, 1.807) is 31.4 Å². The van der Waals surface area contributed by atoms with Gasteiger partial charge in [0.2, 0.25) is 5.91 Å². The molecule has 0 aromatic heterocycles. The highest BCUT2D eigenvalue weighted by molar-refractivity contribution is 6.04. The molecule has 0 aliphatic heterocycles. The summed E-state index contributed by atoms with van der Waals surface area (Å²) in [5.41, 5.74) is 0.540. The van der Waals surface area contributed by atoms with Crippen molar-refractivity contribution in [3.63, 3.8) is 0 Å². The largest absolute Gasteiger partial charge is 0.416 e. The smallest absolute Gasteiger partial charge is 0.383 e. The third-order valence-electron chi connectivity index (χ3n) is 3.68. The summed E-state index contributed by atoms with van der Waals surface area (Å²) in [6.45, 7) is 0.858. The topological polar surface area (TPSA) is 67.4 Å². The standard InChI is InChI=1S/C19H19F3N2O3/c1-27-11-10-23-17(25)12-13-2-8-16(9-3-13)24-18(26)14-4-6-15(7-5-14)19(20,21)22/h2-9H,10-12H2,1H3,(H,23,25)(H,24,26). The zero-order valence-electron chi connectivity index (χ0n) is 14.6. The van der Waals surface area contributed by atoms with Crippen molar-refractivity contribution in [1.82, 2.24) is 5.32 Å². The number of anilines is 1. The summed E-state index contributed by atoms with van der Waals surface area (Å²) in [5, 5.41) is 5.30. The van der Waals surface area contributed by atoms with Crippen LogP contribution in [0.2, 0.25) is 0 Å². The fourth-order valence-electron chi connectivity index (χ4n) is 2.26. The van der Waals surface area contributed by atoms with Gasteiger partial charge in [-0.25, -0.2) is 0 Å². The molecule has 0 aliphatic carbocycles. The predicted octanol–water partition coefficient (Wildman–Crippen LogP) is 3.26. The lowest BCUT2D eigenvalue weighted by Crippen LogP contribution is -2.28. The van der Waals surface area contributed by atoms with Crippen molar-refractivity contribution in [3.05, 3.63) is 65.2 Å². The Morgan fingerprint density at radius 1 is 1.00 bits per heavy atom. The van der Waals surface area contributed by atoms with Gasteiger partial charge in [0, 0.05) is 24.9 Å². The summed E-state index contributed by atoms with van der Waals surface area (Å²) in [5.74, 6) is -0.664. The first-order valence-corrected chi connectivity index (χ1v) is 8.13. The molecule has 0 aliphatic rings. The van der Waals surface area contributed by atoms with E-state index in [-0.39, 0.29) is 17.9 Å². The van der Waals surface area contributed by atoms with Gasteiger partial charge in [-0.3, -0.25) is 9.59 Å². The maximum atomic E-state index is 12.5. The molecule has 0 spiro atoms. The number of halogens is 3. The summed E-state index contributed by atoms with van der Waals surface area (Å²) in [7, 11) is 1.55. The Labute approximate surface area is 154 Å². The molecular weight excluding hydrogens is 361 g/mol. The minimum Gasteiger partial charge on any atom is -0.383 e. The second kappa shape index (κ2) is 9.18. The normalized spacial score (nSPS) is 11.1. The maximum Gasteiger partial charge on any atom is 0.416 e. The van der Waals surface area contributed by atoms with Crippen molar-refractivity contribution in [2.45, 2.75) is 12.6 Å². The molecule has 0 saturated carbocycles. The van der Waals surface area contributed by atoms with Gasteiger partial charge in [-0.1, -0.05) is 12.1 Å². The van der Waals surface area contributed by atoms with Gasteiger partial charge >= 0.3 is 6.18 Å². The first kappa shape index (κ1) is 20.4. The van der Waals surface area contributed by atoms with Crippen molar-refractivity contribution < 1.29 is 27.5 Å². The van der Waals surface area contributed by atoms with Crippen LogP contribution in [0.4, 0.5) is 18.9 Å². The van der Waals surface area contributed by atoms with Crippen molar-refractivity contribution >= 4 is 17.5 Å². The first-order chi connectivity index (χ1) is 12.8. The molecule has 144 valence electrons. The van der Waals surface area contributed by atoms with E-state index in [1.807, 2.05) is 0 Å². The Bertz CT molecular complexity index is 772. The van der Waals surface area contributed by atoms with Crippen LogP contribution in [0.1, 0.15) is 21.5 Å². The molecule has 0 radical (unpaired) electrons. The van der Waals surface area contributed by atoms with Crippen molar-refractivity contribution in [3.8, 4) is 0 Å². The van der Waals surface area contributed by atoms with Crippen LogP contribution >= 0.6 is 0 Å². The Balaban J connectivity index is 1.92. The van der Waals surface area contributed by atoms with Crippen LogP contribution in [-0.4, -0.2) is 32.1 Å². The number of hydrogen-bond donors (Lipinski definition) is 2. The lowest BCUT2D eigenvalue weighted by atomic mass is 10.1. The number of nitrogens with one attached hydrogen (secondary N) is 2. The van der Waals surface area contributed by atoms with Gasteiger partial charge in [-0.05, 0) is 42.0 Å². The molecular formula is C19H19F3N2O3. The Kier molecular flexibility index (Phi) is 6.95. The van der Waals surface area contributed by atoms with E-state index in [2.05, 4.69) is 10.6 Å². The van der Waals surface area contributed by atoms with E-state index in [1.165, 1.54) is 0 Å². The number of rotatable bonds is 7. The second-order valence-corrected chi connectivity index (χ2v) is 5.75. The number of methoxy groups -OCH3 is 1. The molecule has 2 aromatic carbocycles. The van der Waals surface area contributed by atoms with Crippen molar-refractivity contribution in [2.75, 3.05) is 25.6 Å². The summed E-state index contributed by atoms with van der Waals surface area (Å²) in [6.07, 6.45) is -4.25. The number of alkyl halides is 3. The molecule has 2 rings (SSSR count). The van der Waals surface area contributed by atoms with Gasteiger partial charge < -0.3 is 15.4 Å². The van der Waals surface area contributed by atoms with E-state index in [0.29, 0.717) is 18.8 Å². The average Bonchev–Trinajstić information content (AvgIpc) is 2.63. The van der Waals surface area contributed by atoms with Gasteiger partial charge in [0.1, 0.15) is 0 Å². The summed E-state index contributed by atoms with van der Waals surface area (Å²) in [6, 6.07) is 10.6. The van der Waals surface area contributed by atoms with Gasteiger partial charge in [-0.15, -0.1) is 0 Å². The molecule has 0 heterocycles. The minimum atomic E-state index is -4.44. The van der Waals surface area contributed by atoms with Gasteiger partial charge in [0.15, 0.2) is 0 Å². The third kappa shape index (κ3) is 6.41. The van der Waals surface area contributed by atoms with Gasteiger partial charge in [0.05, 0.1) is 18.6 Å². The molecule has 5 nitrogen and oxygen atoms in total. The molecule has 27 heavy (non-hydrogen) atoms. The van der Waals surface area contributed by atoms with E-state index in [0.717, 1.165) is 29.8 Å². The van der Waals surface area contributed by atoms with Crippen LogP contribution < -0.4 is 10.6 Å². The Morgan fingerprint density at radius 2 is 1.63 bits per heavy atom. The number of amides is 2. The monoisotopic (exact) mass is 380 g/mol. The summed E-state index contributed by atoms with van der Waals surface area (Å²) >= 11 is 0. The highest BCUT2D eigenvalue weighted by Gasteiger charge is 2.30. The maximum absolute atomic E-state index is 12.5. The molecule has 0 bridgehead atoms. The second-order valence-electron chi connectivity index (χ2n) is 5.75. The highest BCUT2D eigenvalue weighted by Crippen LogP contribution is 2.29. The van der Waals surface area contributed by atoms with Crippen LogP contribution in [0.3, 0.4) is 0 Å². The number of benzene rings is 2. The minimum absolute atomic E-state index is 0.115. The Hall–Kier alpha value is -2.87. The molecule has 2 amide bonds. The van der Waals surface area contributed by atoms with Gasteiger partial charge in [0.25, 0.3) is 5.91 Å². The van der Waals surface area contributed by atoms with Crippen LogP contribution in [0, 0.1) is 0 Å². The van der Waals surface area contributed by atoms with E-state index < -0.39 is 17.6 Å². The average molecular weight is 380 g/mol. The zero-order chi connectivity index (χ0) is 19.9. The fraction of sp³-hybridized carbons (Fsp3) is 0.263. The third-order valence-corrected chi connectivity index (χ3v) is 3.68. The number of ether oxygens (including phenoxy) is 1. The van der Waals surface area contributed by atoms with Gasteiger partial charge in [-0.2, -0.15) is 13.2 Å². The SMILES string of the molecule is COCCNC(=O)Cc1ccc(NC(=O)c2ccc(C(F)(F)F)cc2)cc1. The van der Waals surface area contributed by atoms with E-state index >= 15 is 0 Å². The first-order valence-electron chi connectivity index (χ1n) is 8.13. The molecule has 2 N–H and O–H groups in total. The van der Waals surface area contributed by atoms with Crippen LogP contribution in [0.25, 0.3) is 0 Å². The number of carbonyl (C=O) groups is 2. The summed E-state index contributed by atoms with van der Waals surface area (Å²) in [4.78, 5) is 23.8. The molecule has 2 aromatic rings. The molecule has 0 unspecified atom stereocenters. The van der Waals surface area contributed by atoms with E-state index in [4.69, 9.17) is 4.74 Å². The predicted molar refractivity (Wildman–Crippen MR) is 94.4 cm³/mol. The van der Waals surface area contributed by atoms with Crippen LogP contribution in [0.15, 0.2) is 48.5 Å². The number of hydrogen-bond acceptors (Lipinski definition) is 3.